The number of nitrogens with zero attached hydrogens (tertiary/aromatic N) is 4. The molecular weight excluding hydrogens is 480 g/mol. The Bertz CT molecular complexity index is 1340. The van der Waals surface area contributed by atoms with Crippen LogP contribution in [-0.2, 0) is 13.7 Å². The van der Waals surface area contributed by atoms with Gasteiger partial charge in [0.1, 0.15) is 16.8 Å². The first kappa shape index (κ1) is 21.4. The van der Waals surface area contributed by atoms with Gasteiger partial charge >= 0.3 is 0 Å². The van der Waals surface area contributed by atoms with Gasteiger partial charge < -0.3 is 15.2 Å². The minimum absolute atomic E-state index is 0.0295. The van der Waals surface area contributed by atoms with Gasteiger partial charge in [0, 0.05) is 12.6 Å². The van der Waals surface area contributed by atoms with Crippen molar-refractivity contribution in [3.05, 3.63) is 74.7 Å². The van der Waals surface area contributed by atoms with Crippen LogP contribution in [0.3, 0.4) is 0 Å². The molecule has 2 heterocycles. The fraction of sp³-hybridized carbons (Fsp3) is 0.143. The predicted molar refractivity (Wildman–Crippen MR) is 120 cm³/mol. The third-order valence-corrected chi connectivity index (χ3v) is 5.70. The summed E-state index contributed by atoms with van der Waals surface area (Å²) in [5.41, 5.74) is 7.47. The fourth-order valence-corrected chi connectivity index (χ4v) is 3.86. The van der Waals surface area contributed by atoms with Gasteiger partial charge in [-0.1, -0.05) is 18.2 Å². The molecule has 0 saturated heterocycles. The van der Waals surface area contributed by atoms with E-state index in [0.717, 1.165) is 5.69 Å². The molecule has 0 fully saturated rings. The molecule has 0 atom stereocenters. The van der Waals surface area contributed by atoms with E-state index in [1.165, 1.54) is 7.11 Å². The number of carbonyl (C=O) groups is 1. The van der Waals surface area contributed by atoms with Crippen molar-refractivity contribution >= 4 is 21.8 Å². The summed E-state index contributed by atoms with van der Waals surface area (Å²) in [6, 6.07) is 14.4. The zero-order valence-corrected chi connectivity index (χ0v) is 18.8. The molecule has 4 rings (SSSR count). The van der Waals surface area contributed by atoms with E-state index in [4.69, 9.17) is 15.2 Å². The normalized spacial score (nSPS) is 10.8. The minimum Gasteiger partial charge on any atom is -0.493 e. The van der Waals surface area contributed by atoms with E-state index in [-0.39, 0.29) is 17.9 Å². The predicted octanol–water partition coefficient (Wildman–Crippen LogP) is 2.41. The highest BCUT2D eigenvalue weighted by Gasteiger charge is 2.20. The average Bonchev–Trinajstić information content (AvgIpc) is 3.37. The molecule has 10 nitrogen and oxygen atoms in total. The Balaban J connectivity index is 1.63. The molecule has 0 bridgehead atoms. The van der Waals surface area contributed by atoms with E-state index < -0.39 is 5.91 Å². The van der Waals surface area contributed by atoms with Crippen LogP contribution in [0.4, 0.5) is 0 Å². The number of carbonyl (C=O) groups excluding carboxylic acids is 1. The van der Waals surface area contributed by atoms with Crippen LogP contribution in [0.15, 0.2) is 57.8 Å². The third-order valence-electron chi connectivity index (χ3n) is 4.91. The zero-order chi connectivity index (χ0) is 22.8. The molecule has 2 aromatic carbocycles. The smallest absolute Gasteiger partial charge is 0.286 e. The Labute approximate surface area is 190 Å². The number of primary amides is 1. The summed E-state index contributed by atoms with van der Waals surface area (Å²) < 4.78 is 15.1. The lowest BCUT2D eigenvalue weighted by Gasteiger charge is -2.13. The van der Waals surface area contributed by atoms with Crippen LogP contribution in [0.5, 0.6) is 11.5 Å². The van der Waals surface area contributed by atoms with Gasteiger partial charge in [-0.3, -0.25) is 14.3 Å². The van der Waals surface area contributed by atoms with Crippen molar-refractivity contribution in [2.24, 2.45) is 12.8 Å². The molecule has 4 aromatic rings. The van der Waals surface area contributed by atoms with Crippen LogP contribution in [0.1, 0.15) is 16.2 Å². The topological polar surface area (TPSA) is 130 Å². The number of halogens is 1. The van der Waals surface area contributed by atoms with Gasteiger partial charge in [0.15, 0.2) is 17.2 Å². The monoisotopic (exact) mass is 498 g/mol. The highest BCUT2D eigenvalue weighted by Crippen LogP contribution is 2.33. The minimum atomic E-state index is -0.693. The average molecular weight is 499 g/mol. The van der Waals surface area contributed by atoms with Crippen LogP contribution in [0, 0.1) is 0 Å². The van der Waals surface area contributed by atoms with Gasteiger partial charge in [0.05, 0.1) is 18.5 Å². The van der Waals surface area contributed by atoms with Gasteiger partial charge in [0.2, 0.25) is 0 Å². The quantitative estimate of drug-likeness (QED) is 0.402. The third kappa shape index (κ3) is 3.78. The first-order valence-electron chi connectivity index (χ1n) is 9.46. The standard InChI is InChI=1S/C21H19BrN6O4/c1-27-14(17(22)21(30)28(27)13-6-4-3-5-7-13)11-32-15-9-8-12(10-16(15)31-2)18-19(20(23)29)25-26-24-18/h3-10H,11H2,1-2H3,(H2,23,29)(H,24,25,26). The Morgan fingerprint density at radius 3 is 2.59 bits per heavy atom. The highest BCUT2D eigenvalue weighted by molar-refractivity contribution is 9.10. The van der Waals surface area contributed by atoms with Gasteiger partial charge in [-0.25, -0.2) is 4.68 Å². The summed E-state index contributed by atoms with van der Waals surface area (Å²) in [5, 5.41) is 10.2. The number of para-hydroxylation sites is 1. The SMILES string of the molecule is COc1cc(-c2n[nH]nc2C(N)=O)ccc1OCc1c(Br)c(=O)n(-c2ccccc2)n1C. The van der Waals surface area contributed by atoms with Crippen LogP contribution < -0.4 is 20.8 Å². The van der Waals surface area contributed by atoms with Crippen molar-refractivity contribution in [2.75, 3.05) is 7.11 Å². The van der Waals surface area contributed by atoms with E-state index in [0.29, 0.717) is 32.9 Å². The lowest BCUT2D eigenvalue weighted by Crippen LogP contribution is -2.19. The number of nitrogens with two attached hydrogens (primary N) is 1. The van der Waals surface area contributed by atoms with E-state index in [9.17, 15) is 9.59 Å². The maximum absolute atomic E-state index is 12.8. The number of amides is 1. The van der Waals surface area contributed by atoms with Crippen LogP contribution in [0.25, 0.3) is 16.9 Å². The molecule has 32 heavy (non-hydrogen) atoms. The Morgan fingerprint density at radius 1 is 1.16 bits per heavy atom. The summed E-state index contributed by atoms with van der Waals surface area (Å²) in [5.74, 6) is 0.179. The Morgan fingerprint density at radius 2 is 1.91 bits per heavy atom. The highest BCUT2D eigenvalue weighted by atomic mass is 79.9. The van der Waals surface area contributed by atoms with Crippen molar-refractivity contribution in [1.29, 1.82) is 0 Å². The summed E-state index contributed by atoms with van der Waals surface area (Å²) in [4.78, 5) is 24.3. The molecule has 1 amide bonds. The largest absolute Gasteiger partial charge is 0.493 e. The van der Waals surface area contributed by atoms with Gasteiger partial charge in [-0.05, 0) is 46.3 Å². The Kier molecular flexibility index (Phi) is 5.82. The number of ether oxygens (including phenoxy) is 2. The molecule has 0 spiro atoms. The second-order valence-corrected chi connectivity index (χ2v) is 7.57. The van der Waals surface area contributed by atoms with Crippen molar-refractivity contribution in [2.45, 2.75) is 6.61 Å². The first-order valence-corrected chi connectivity index (χ1v) is 10.2. The molecule has 0 saturated carbocycles. The second-order valence-electron chi connectivity index (χ2n) is 6.78. The fourth-order valence-electron chi connectivity index (χ4n) is 3.32. The van der Waals surface area contributed by atoms with Gasteiger partial charge in [-0.15, -0.1) is 0 Å². The molecule has 0 aliphatic rings. The van der Waals surface area contributed by atoms with Gasteiger partial charge in [-0.2, -0.15) is 15.4 Å². The van der Waals surface area contributed by atoms with Crippen molar-refractivity contribution < 1.29 is 14.3 Å². The first-order chi connectivity index (χ1) is 15.4. The van der Waals surface area contributed by atoms with E-state index in [2.05, 4.69) is 31.3 Å². The molecule has 0 aliphatic heterocycles. The van der Waals surface area contributed by atoms with E-state index in [1.807, 2.05) is 30.3 Å². The molecule has 0 unspecified atom stereocenters. The summed E-state index contributed by atoms with van der Waals surface area (Å²) in [6.07, 6.45) is 0. The number of hydrogen-bond acceptors (Lipinski definition) is 6. The maximum Gasteiger partial charge on any atom is 0.286 e. The Hall–Kier alpha value is -3.86. The number of methoxy groups -OCH3 is 1. The van der Waals surface area contributed by atoms with E-state index >= 15 is 0 Å². The zero-order valence-electron chi connectivity index (χ0n) is 17.2. The van der Waals surface area contributed by atoms with Crippen LogP contribution in [-0.4, -0.2) is 37.8 Å². The molecule has 2 aromatic heterocycles. The summed E-state index contributed by atoms with van der Waals surface area (Å²) in [7, 11) is 3.29. The number of nitrogens with one attached hydrogen (secondary N) is 1. The second kappa shape index (κ2) is 8.71. The van der Waals surface area contributed by atoms with Gasteiger partial charge in [0.25, 0.3) is 11.5 Å². The van der Waals surface area contributed by atoms with Crippen LogP contribution >= 0.6 is 15.9 Å². The summed E-state index contributed by atoms with van der Waals surface area (Å²) >= 11 is 3.39. The van der Waals surface area contributed by atoms with Crippen molar-refractivity contribution in [1.82, 2.24) is 24.8 Å². The molecule has 11 heteroatoms. The summed E-state index contributed by atoms with van der Waals surface area (Å²) in [6.45, 7) is 0.109. The number of rotatable bonds is 7. The maximum atomic E-state index is 12.8. The molecule has 0 radical (unpaired) electrons. The number of H-pyrrole nitrogens is 1. The number of aromatic nitrogens is 5. The van der Waals surface area contributed by atoms with Crippen LogP contribution in [0.2, 0.25) is 0 Å². The molecule has 0 aliphatic carbocycles. The molecular formula is C21H19BrN6O4. The van der Waals surface area contributed by atoms with Crippen molar-refractivity contribution in [3.63, 3.8) is 0 Å². The van der Waals surface area contributed by atoms with E-state index in [1.54, 1.807) is 34.6 Å². The molecule has 164 valence electrons. The number of aromatic amines is 1. The number of benzene rings is 2. The molecule has 3 N–H and O–H groups in total. The lowest BCUT2D eigenvalue weighted by molar-refractivity contribution is 0.0996. The van der Waals surface area contributed by atoms with Crippen molar-refractivity contribution in [3.8, 4) is 28.4 Å². The number of hydrogen-bond donors (Lipinski definition) is 2. The lowest BCUT2D eigenvalue weighted by atomic mass is 10.1.